The highest BCUT2D eigenvalue weighted by Crippen LogP contribution is 2.12. The second-order valence-corrected chi connectivity index (χ2v) is 7.20. The van der Waals surface area contributed by atoms with E-state index in [2.05, 4.69) is 5.32 Å². The molecule has 1 aromatic rings. The van der Waals surface area contributed by atoms with Gasteiger partial charge < -0.3 is 15.2 Å². The van der Waals surface area contributed by atoms with Gasteiger partial charge >= 0.3 is 5.97 Å². The Kier molecular flexibility index (Phi) is 7.53. The summed E-state index contributed by atoms with van der Waals surface area (Å²) in [6.45, 7) is 1.68. The molecule has 0 fully saturated rings. The molecule has 0 aliphatic rings. The maximum Gasteiger partial charge on any atom is 0.341 e. The minimum Gasteiger partial charge on any atom is -0.482 e. The summed E-state index contributed by atoms with van der Waals surface area (Å²) in [6, 6.07) is 6.81. The lowest BCUT2D eigenvalue weighted by atomic mass is 10.1. The van der Waals surface area contributed by atoms with E-state index in [0.29, 0.717) is 25.1 Å². The van der Waals surface area contributed by atoms with Crippen molar-refractivity contribution in [2.24, 2.45) is 0 Å². The van der Waals surface area contributed by atoms with Gasteiger partial charge in [-0.05, 0) is 30.5 Å². The van der Waals surface area contributed by atoms with Crippen LogP contribution in [0.2, 0.25) is 0 Å². The second-order valence-electron chi connectivity index (χ2n) is 5.02. The lowest BCUT2D eigenvalue weighted by molar-refractivity contribution is -0.139. The molecule has 1 amide bonds. The number of aliphatic carboxylic acids is 1. The van der Waals surface area contributed by atoms with Crippen LogP contribution < -0.4 is 10.1 Å². The van der Waals surface area contributed by atoms with E-state index in [1.807, 2.05) is 0 Å². The number of hydrogen-bond acceptors (Lipinski definition) is 5. The van der Waals surface area contributed by atoms with Gasteiger partial charge in [0.15, 0.2) is 16.4 Å². The molecule has 1 aromatic carbocycles. The SMILES string of the molecule is CCCS(=O)(=O)CC(=O)NCCc1ccc(OCC(=O)O)cc1. The number of carbonyl (C=O) groups is 2. The quantitative estimate of drug-likeness (QED) is 0.645. The third-order valence-electron chi connectivity index (χ3n) is 2.89. The van der Waals surface area contributed by atoms with Crippen molar-refractivity contribution in [3.8, 4) is 5.75 Å². The number of rotatable bonds is 10. The van der Waals surface area contributed by atoms with Crippen LogP contribution in [-0.4, -0.2) is 50.1 Å². The van der Waals surface area contributed by atoms with Crippen molar-refractivity contribution in [2.45, 2.75) is 19.8 Å². The molecule has 0 heterocycles. The number of carbonyl (C=O) groups excluding carboxylic acids is 1. The first-order valence-corrected chi connectivity index (χ1v) is 9.05. The molecule has 0 spiro atoms. The monoisotopic (exact) mass is 343 g/mol. The fourth-order valence-electron chi connectivity index (χ4n) is 1.88. The maximum absolute atomic E-state index is 11.6. The van der Waals surface area contributed by atoms with Gasteiger partial charge in [-0.3, -0.25) is 4.79 Å². The van der Waals surface area contributed by atoms with Gasteiger partial charge in [0.1, 0.15) is 11.5 Å². The first kappa shape index (κ1) is 19.0. The maximum atomic E-state index is 11.6. The molecule has 128 valence electrons. The van der Waals surface area contributed by atoms with Gasteiger partial charge in [0.2, 0.25) is 5.91 Å². The van der Waals surface area contributed by atoms with Crippen molar-refractivity contribution in [1.29, 1.82) is 0 Å². The predicted molar refractivity (Wildman–Crippen MR) is 85.2 cm³/mol. The highest BCUT2D eigenvalue weighted by atomic mass is 32.2. The lowest BCUT2D eigenvalue weighted by Gasteiger charge is -2.07. The molecule has 23 heavy (non-hydrogen) atoms. The molecule has 0 saturated heterocycles. The van der Waals surface area contributed by atoms with Gasteiger partial charge in [0.25, 0.3) is 0 Å². The Morgan fingerprint density at radius 2 is 1.87 bits per heavy atom. The van der Waals surface area contributed by atoms with Crippen molar-refractivity contribution < 1.29 is 27.9 Å². The van der Waals surface area contributed by atoms with Crippen LogP contribution in [0.1, 0.15) is 18.9 Å². The first-order chi connectivity index (χ1) is 10.8. The van der Waals surface area contributed by atoms with E-state index in [0.717, 1.165) is 5.56 Å². The lowest BCUT2D eigenvalue weighted by Crippen LogP contribution is -2.32. The minimum absolute atomic E-state index is 0.0121. The molecule has 0 saturated carbocycles. The van der Waals surface area contributed by atoms with E-state index in [-0.39, 0.29) is 5.75 Å². The number of ether oxygens (including phenoxy) is 1. The number of amides is 1. The first-order valence-electron chi connectivity index (χ1n) is 7.23. The zero-order chi connectivity index (χ0) is 17.3. The molecule has 0 aliphatic heterocycles. The normalized spacial score (nSPS) is 11.0. The minimum atomic E-state index is -3.32. The molecular formula is C15H21NO6S. The predicted octanol–water partition coefficient (Wildman–Crippen LogP) is 0.634. The average Bonchev–Trinajstić information content (AvgIpc) is 2.45. The fourth-order valence-corrected chi connectivity index (χ4v) is 3.15. The second kappa shape index (κ2) is 9.14. The van der Waals surface area contributed by atoms with Gasteiger partial charge in [-0.25, -0.2) is 13.2 Å². The van der Waals surface area contributed by atoms with Crippen LogP contribution in [0.5, 0.6) is 5.75 Å². The van der Waals surface area contributed by atoms with Gasteiger partial charge in [0.05, 0.1) is 5.75 Å². The summed E-state index contributed by atoms with van der Waals surface area (Å²) in [6.07, 6.45) is 1.03. The van der Waals surface area contributed by atoms with E-state index in [1.54, 1.807) is 31.2 Å². The summed E-state index contributed by atoms with van der Waals surface area (Å²) in [5.74, 6) is -1.57. The third kappa shape index (κ3) is 8.20. The Labute approximate surface area is 135 Å². The summed E-state index contributed by atoms with van der Waals surface area (Å²) in [5.41, 5.74) is 0.921. The standard InChI is InChI=1S/C15H21NO6S/c1-2-9-23(20,21)11-14(17)16-8-7-12-3-5-13(6-4-12)22-10-15(18)19/h3-6H,2,7-11H2,1H3,(H,16,17)(H,18,19). The van der Waals surface area contributed by atoms with Crippen molar-refractivity contribution in [1.82, 2.24) is 5.32 Å². The van der Waals surface area contributed by atoms with Crippen LogP contribution in [-0.2, 0) is 25.8 Å². The van der Waals surface area contributed by atoms with Crippen LogP contribution in [0.25, 0.3) is 0 Å². The number of carboxylic acids is 1. The summed E-state index contributed by atoms with van der Waals surface area (Å²) < 4.78 is 28.0. The summed E-state index contributed by atoms with van der Waals surface area (Å²) in [7, 11) is -3.32. The Bertz CT molecular complexity index is 624. The van der Waals surface area contributed by atoms with Crippen molar-refractivity contribution in [3.05, 3.63) is 29.8 Å². The molecule has 0 bridgehead atoms. The van der Waals surface area contributed by atoms with E-state index >= 15 is 0 Å². The van der Waals surface area contributed by atoms with Gasteiger partial charge in [0, 0.05) is 6.54 Å². The summed E-state index contributed by atoms with van der Waals surface area (Å²) in [4.78, 5) is 21.9. The largest absolute Gasteiger partial charge is 0.482 e. The topological polar surface area (TPSA) is 110 Å². The van der Waals surface area contributed by atoms with E-state index < -0.39 is 34.1 Å². The van der Waals surface area contributed by atoms with Gasteiger partial charge in [-0.2, -0.15) is 0 Å². The molecule has 0 atom stereocenters. The molecule has 0 aliphatic carbocycles. The Morgan fingerprint density at radius 1 is 1.22 bits per heavy atom. The zero-order valence-corrected chi connectivity index (χ0v) is 13.8. The molecule has 0 unspecified atom stereocenters. The highest BCUT2D eigenvalue weighted by molar-refractivity contribution is 7.92. The Hall–Kier alpha value is -2.09. The van der Waals surface area contributed by atoms with Crippen LogP contribution in [0.4, 0.5) is 0 Å². The molecule has 0 radical (unpaired) electrons. The van der Waals surface area contributed by atoms with Crippen molar-refractivity contribution >= 4 is 21.7 Å². The van der Waals surface area contributed by atoms with Crippen LogP contribution >= 0.6 is 0 Å². The number of hydrogen-bond donors (Lipinski definition) is 2. The molecule has 8 heteroatoms. The fraction of sp³-hybridized carbons (Fsp3) is 0.467. The molecule has 0 aromatic heterocycles. The number of carboxylic acid groups (broad SMARTS) is 1. The average molecular weight is 343 g/mol. The van der Waals surface area contributed by atoms with E-state index in [1.165, 1.54) is 0 Å². The highest BCUT2D eigenvalue weighted by Gasteiger charge is 2.14. The zero-order valence-electron chi connectivity index (χ0n) is 12.9. The van der Waals surface area contributed by atoms with Crippen LogP contribution in [0.15, 0.2) is 24.3 Å². The van der Waals surface area contributed by atoms with Crippen molar-refractivity contribution in [3.63, 3.8) is 0 Å². The molecular weight excluding hydrogens is 322 g/mol. The number of benzene rings is 1. The molecule has 1 rings (SSSR count). The van der Waals surface area contributed by atoms with Gasteiger partial charge in [-0.15, -0.1) is 0 Å². The molecule has 2 N–H and O–H groups in total. The van der Waals surface area contributed by atoms with Crippen LogP contribution in [0, 0.1) is 0 Å². The van der Waals surface area contributed by atoms with Crippen molar-refractivity contribution in [2.75, 3.05) is 24.7 Å². The number of sulfone groups is 1. The number of nitrogens with one attached hydrogen (secondary N) is 1. The Morgan fingerprint density at radius 3 is 2.43 bits per heavy atom. The smallest absolute Gasteiger partial charge is 0.341 e. The van der Waals surface area contributed by atoms with E-state index in [4.69, 9.17) is 9.84 Å². The summed E-state index contributed by atoms with van der Waals surface area (Å²) in [5, 5.41) is 11.1. The molecule has 7 nitrogen and oxygen atoms in total. The van der Waals surface area contributed by atoms with Crippen LogP contribution in [0.3, 0.4) is 0 Å². The Balaban J connectivity index is 2.35. The summed E-state index contributed by atoms with van der Waals surface area (Å²) >= 11 is 0. The van der Waals surface area contributed by atoms with E-state index in [9.17, 15) is 18.0 Å². The van der Waals surface area contributed by atoms with Gasteiger partial charge in [-0.1, -0.05) is 19.1 Å². The third-order valence-corrected chi connectivity index (χ3v) is 4.62.